The Morgan fingerprint density at radius 2 is 2.21 bits per heavy atom. The summed E-state index contributed by atoms with van der Waals surface area (Å²) in [6.45, 7) is 1.99. The fourth-order valence-electron chi connectivity index (χ4n) is 1.66. The van der Waals surface area contributed by atoms with E-state index < -0.39 is 0 Å². The molecule has 0 unspecified atom stereocenters. The maximum atomic E-state index is 6.27. The number of fused-ring (bicyclic) bond motifs is 1. The lowest BCUT2D eigenvalue weighted by atomic mass is 10.0. The third-order valence-corrected chi connectivity index (χ3v) is 3.72. The molecule has 1 aliphatic heterocycles. The van der Waals surface area contributed by atoms with Crippen LogP contribution in [0.25, 0.3) is 0 Å². The van der Waals surface area contributed by atoms with E-state index in [1.807, 2.05) is 0 Å². The van der Waals surface area contributed by atoms with Gasteiger partial charge in [0.05, 0.1) is 5.02 Å². The average molecular weight is 250 g/mol. The fraction of sp³-hybridized carbons (Fsp3) is 0.400. The first-order valence-electron chi connectivity index (χ1n) is 4.38. The number of nitrogens with one attached hydrogen (secondary N) is 1. The van der Waals surface area contributed by atoms with Crippen molar-refractivity contribution in [2.45, 2.75) is 17.9 Å². The molecular weight excluding hydrogens is 237 g/mol. The van der Waals surface area contributed by atoms with Crippen LogP contribution >= 0.6 is 35.8 Å². The van der Waals surface area contributed by atoms with Crippen LogP contribution in [-0.4, -0.2) is 12.8 Å². The molecule has 2 rings (SSSR count). The van der Waals surface area contributed by atoms with E-state index in [2.05, 4.69) is 23.7 Å². The number of hydrogen-bond donors (Lipinski definition) is 1. The van der Waals surface area contributed by atoms with Crippen LogP contribution in [0.15, 0.2) is 17.0 Å². The van der Waals surface area contributed by atoms with Crippen LogP contribution in [0.1, 0.15) is 11.1 Å². The van der Waals surface area contributed by atoms with Crippen LogP contribution in [0.2, 0.25) is 5.02 Å². The molecule has 0 aromatic heterocycles. The lowest BCUT2D eigenvalue weighted by molar-refractivity contribution is 0.642. The molecule has 1 aliphatic rings. The van der Waals surface area contributed by atoms with E-state index in [1.165, 1.54) is 16.0 Å². The molecule has 0 saturated carbocycles. The molecule has 4 heteroatoms. The summed E-state index contributed by atoms with van der Waals surface area (Å²) in [4.78, 5) is 1.18. The molecule has 1 heterocycles. The van der Waals surface area contributed by atoms with Gasteiger partial charge in [-0.3, -0.25) is 0 Å². The van der Waals surface area contributed by atoms with Gasteiger partial charge in [0.1, 0.15) is 0 Å². The van der Waals surface area contributed by atoms with Gasteiger partial charge in [0.15, 0.2) is 0 Å². The molecule has 0 atom stereocenters. The van der Waals surface area contributed by atoms with Gasteiger partial charge in [-0.1, -0.05) is 17.7 Å². The molecule has 0 spiro atoms. The second-order valence-electron chi connectivity index (χ2n) is 3.15. The van der Waals surface area contributed by atoms with Crippen molar-refractivity contribution < 1.29 is 0 Å². The van der Waals surface area contributed by atoms with Crippen molar-refractivity contribution in [3.8, 4) is 0 Å². The van der Waals surface area contributed by atoms with E-state index in [0.29, 0.717) is 0 Å². The van der Waals surface area contributed by atoms with E-state index in [9.17, 15) is 0 Å². The van der Waals surface area contributed by atoms with Crippen LogP contribution in [-0.2, 0) is 13.0 Å². The lowest BCUT2D eigenvalue weighted by Gasteiger charge is -2.19. The highest BCUT2D eigenvalue weighted by molar-refractivity contribution is 7.98. The van der Waals surface area contributed by atoms with Crippen LogP contribution in [0.5, 0.6) is 0 Å². The standard InChI is InChI=1S/C10H12ClNS.ClH/c1-13-9-3-2-7-4-5-12-6-8(7)10(9)11;/h2-3,12H,4-6H2,1H3;1H. The monoisotopic (exact) mass is 249 g/mol. The Kier molecular flexibility index (Phi) is 4.58. The molecule has 0 bridgehead atoms. The molecule has 0 saturated heterocycles. The zero-order chi connectivity index (χ0) is 9.26. The van der Waals surface area contributed by atoms with Crippen LogP contribution in [0.4, 0.5) is 0 Å². The van der Waals surface area contributed by atoms with Crippen LogP contribution in [0, 0.1) is 0 Å². The van der Waals surface area contributed by atoms with Gasteiger partial charge in [0, 0.05) is 11.4 Å². The second kappa shape index (κ2) is 5.26. The quantitative estimate of drug-likeness (QED) is 0.768. The molecule has 1 aromatic rings. The van der Waals surface area contributed by atoms with E-state index >= 15 is 0 Å². The number of rotatable bonds is 1. The van der Waals surface area contributed by atoms with Gasteiger partial charge in [0.25, 0.3) is 0 Å². The Labute approximate surface area is 100 Å². The summed E-state index contributed by atoms with van der Waals surface area (Å²) in [5.74, 6) is 0. The maximum Gasteiger partial charge on any atom is 0.0589 e. The van der Waals surface area contributed by atoms with Gasteiger partial charge in [-0.2, -0.15) is 0 Å². The molecule has 78 valence electrons. The molecule has 14 heavy (non-hydrogen) atoms. The first-order chi connectivity index (χ1) is 6.33. The summed E-state index contributed by atoms with van der Waals surface area (Å²) in [6.07, 6.45) is 3.16. The number of hydrogen-bond acceptors (Lipinski definition) is 2. The van der Waals surface area contributed by atoms with Crippen molar-refractivity contribution in [3.05, 3.63) is 28.3 Å². The molecule has 0 fully saturated rings. The largest absolute Gasteiger partial charge is 0.312 e. The number of benzene rings is 1. The zero-order valence-corrected chi connectivity index (χ0v) is 10.4. The minimum Gasteiger partial charge on any atom is -0.312 e. The van der Waals surface area contributed by atoms with E-state index in [0.717, 1.165) is 24.5 Å². The summed E-state index contributed by atoms with van der Waals surface area (Å²) in [5, 5.41) is 4.28. The Hall–Kier alpha value is 0.110. The highest BCUT2D eigenvalue weighted by atomic mass is 35.5. The van der Waals surface area contributed by atoms with Crippen molar-refractivity contribution in [1.82, 2.24) is 5.32 Å². The fourth-order valence-corrected chi connectivity index (χ4v) is 2.65. The first kappa shape index (κ1) is 12.2. The van der Waals surface area contributed by atoms with Crippen molar-refractivity contribution >= 4 is 35.8 Å². The highest BCUT2D eigenvalue weighted by Crippen LogP contribution is 2.32. The molecule has 1 nitrogen and oxygen atoms in total. The van der Waals surface area contributed by atoms with Gasteiger partial charge in [-0.15, -0.1) is 24.2 Å². The van der Waals surface area contributed by atoms with Gasteiger partial charge >= 0.3 is 0 Å². The maximum absolute atomic E-state index is 6.27. The number of thioether (sulfide) groups is 1. The third-order valence-electron chi connectivity index (χ3n) is 2.40. The predicted octanol–water partition coefficient (Wildman–Crippen LogP) is 3.13. The molecule has 0 aliphatic carbocycles. The normalized spacial score (nSPS) is 14.4. The molecule has 1 N–H and O–H groups in total. The van der Waals surface area contributed by atoms with E-state index in [4.69, 9.17) is 11.6 Å². The second-order valence-corrected chi connectivity index (χ2v) is 4.37. The summed E-state index contributed by atoms with van der Waals surface area (Å²) in [7, 11) is 0. The van der Waals surface area contributed by atoms with Crippen molar-refractivity contribution in [1.29, 1.82) is 0 Å². The third kappa shape index (κ3) is 2.19. The minimum atomic E-state index is 0. The van der Waals surface area contributed by atoms with E-state index in [-0.39, 0.29) is 12.4 Å². The van der Waals surface area contributed by atoms with Crippen molar-refractivity contribution in [2.75, 3.05) is 12.8 Å². The minimum absolute atomic E-state index is 0. The topological polar surface area (TPSA) is 12.0 Å². The first-order valence-corrected chi connectivity index (χ1v) is 5.98. The Morgan fingerprint density at radius 1 is 1.43 bits per heavy atom. The average Bonchev–Trinajstić information content (AvgIpc) is 2.19. The highest BCUT2D eigenvalue weighted by Gasteiger charge is 2.13. The summed E-state index contributed by atoms with van der Waals surface area (Å²) in [5.41, 5.74) is 2.70. The van der Waals surface area contributed by atoms with E-state index in [1.54, 1.807) is 11.8 Å². The van der Waals surface area contributed by atoms with Gasteiger partial charge < -0.3 is 5.32 Å². The van der Waals surface area contributed by atoms with Gasteiger partial charge in [-0.05, 0) is 36.4 Å². The SMILES string of the molecule is CSc1ccc2c(c1Cl)CNCC2.Cl. The molecule has 0 radical (unpaired) electrons. The van der Waals surface area contributed by atoms with Crippen molar-refractivity contribution in [2.24, 2.45) is 0 Å². The Morgan fingerprint density at radius 3 is 2.93 bits per heavy atom. The molecular formula is C10H13Cl2NS. The molecule has 1 aromatic carbocycles. The van der Waals surface area contributed by atoms with Crippen molar-refractivity contribution in [3.63, 3.8) is 0 Å². The predicted molar refractivity (Wildman–Crippen MR) is 65.9 cm³/mol. The smallest absolute Gasteiger partial charge is 0.0589 e. The van der Waals surface area contributed by atoms with Crippen LogP contribution < -0.4 is 5.32 Å². The number of halogens is 2. The zero-order valence-electron chi connectivity index (χ0n) is 7.97. The molecule has 0 amide bonds. The Balaban J connectivity index is 0.000000980. The Bertz CT molecular complexity index is 328. The van der Waals surface area contributed by atoms with Gasteiger partial charge in [-0.25, -0.2) is 0 Å². The lowest BCUT2D eigenvalue weighted by Crippen LogP contribution is -2.23. The van der Waals surface area contributed by atoms with Gasteiger partial charge in [0.2, 0.25) is 0 Å². The summed E-state index contributed by atoms with van der Waals surface area (Å²) < 4.78 is 0. The summed E-state index contributed by atoms with van der Waals surface area (Å²) in [6, 6.07) is 4.32. The summed E-state index contributed by atoms with van der Waals surface area (Å²) >= 11 is 7.97. The van der Waals surface area contributed by atoms with Crippen LogP contribution in [0.3, 0.4) is 0 Å².